The highest BCUT2D eigenvalue weighted by Crippen LogP contribution is 2.35. The number of aromatic hydroxyl groups is 1. The average Bonchev–Trinajstić information content (AvgIpc) is 3.27. The molecule has 3 aromatic carbocycles. The van der Waals surface area contributed by atoms with Gasteiger partial charge in [0.2, 0.25) is 5.91 Å². The molecule has 0 aliphatic carbocycles. The van der Waals surface area contributed by atoms with E-state index in [4.69, 9.17) is 34.8 Å². The minimum absolute atomic E-state index is 0.00330. The van der Waals surface area contributed by atoms with Crippen LogP contribution >= 0.6 is 34.8 Å². The van der Waals surface area contributed by atoms with Gasteiger partial charge in [-0.2, -0.15) is 5.10 Å². The number of benzene rings is 3. The molecule has 11 nitrogen and oxygen atoms in total. The predicted octanol–water partition coefficient (Wildman–Crippen LogP) is 6.47. The van der Waals surface area contributed by atoms with Gasteiger partial charge >= 0.3 is 0 Å². The van der Waals surface area contributed by atoms with Crippen LogP contribution in [-0.4, -0.2) is 51.3 Å². The average molecular weight is 693 g/mol. The van der Waals surface area contributed by atoms with Gasteiger partial charge in [0, 0.05) is 6.07 Å². The summed E-state index contributed by atoms with van der Waals surface area (Å²) in [6, 6.07) is 13.2. The number of oxime groups is 1. The van der Waals surface area contributed by atoms with Crippen LogP contribution < -0.4 is 10.6 Å². The fraction of sp³-hybridized carbons (Fsp3) is 0.200. The summed E-state index contributed by atoms with van der Waals surface area (Å²) < 4.78 is 27.8. The largest absolute Gasteiger partial charge is 0.506 e. The maximum absolute atomic E-state index is 13.2. The first kappa shape index (κ1) is 33.8. The molecule has 45 heavy (non-hydrogen) atoms. The lowest BCUT2D eigenvalue weighted by Gasteiger charge is -2.18. The molecule has 0 aliphatic heterocycles. The van der Waals surface area contributed by atoms with Gasteiger partial charge in [-0.15, -0.1) is 0 Å². The number of sulfone groups is 1. The molecule has 4 rings (SSSR count). The van der Waals surface area contributed by atoms with Crippen LogP contribution in [0.25, 0.3) is 5.69 Å². The molecule has 1 atom stereocenters. The van der Waals surface area contributed by atoms with Crippen LogP contribution in [0.15, 0.2) is 64.6 Å². The zero-order chi connectivity index (χ0) is 33.2. The van der Waals surface area contributed by atoms with Crippen LogP contribution in [0.1, 0.15) is 35.9 Å². The van der Waals surface area contributed by atoms with E-state index < -0.39 is 38.4 Å². The zero-order valence-corrected chi connectivity index (χ0v) is 27.5. The maximum atomic E-state index is 13.2. The summed E-state index contributed by atoms with van der Waals surface area (Å²) in [6.07, 6.45) is -0.0243. The van der Waals surface area contributed by atoms with Crippen molar-refractivity contribution in [1.82, 2.24) is 9.78 Å². The molecule has 1 unspecified atom stereocenters. The Morgan fingerprint density at radius 1 is 0.933 bits per heavy atom. The number of amides is 2. The van der Waals surface area contributed by atoms with Crippen molar-refractivity contribution in [1.29, 1.82) is 0 Å². The minimum atomic E-state index is -4.03. The maximum Gasteiger partial charge on any atom is 0.278 e. The smallest absolute Gasteiger partial charge is 0.278 e. The van der Waals surface area contributed by atoms with E-state index in [1.54, 1.807) is 51.1 Å². The lowest BCUT2D eigenvalue weighted by atomic mass is 10.1. The third kappa shape index (κ3) is 6.94. The third-order valence-electron chi connectivity index (χ3n) is 6.97. The SMILES string of the molecule is CCC(C(=O)Nc1cc(O)c(NC(=O)C(=NO)c2c(C)nn(-c3ccc(Cl)c(Cl)c3)c2C)cc1Cl)S(=O)(=O)c1ccc(C)cc1. The molecule has 1 heterocycles. The van der Waals surface area contributed by atoms with Crippen molar-refractivity contribution in [3.05, 3.63) is 92.2 Å². The topological polar surface area (TPSA) is 163 Å². The molecule has 0 aliphatic rings. The number of halogens is 3. The van der Waals surface area contributed by atoms with Gasteiger partial charge in [0.1, 0.15) is 11.0 Å². The van der Waals surface area contributed by atoms with Crippen LogP contribution in [0.4, 0.5) is 11.4 Å². The van der Waals surface area contributed by atoms with Crippen molar-refractivity contribution < 1.29 is 28.3 Å². The van der Waals surface area contributed by atoms with Gasteiger partial charge in [0.05, 0.1) is 54.0 Å². The number of carbonyl (C=O) groups is 2. The normalized spacial score (nSPS) is 12.6. The van der Waals surface area contributed by atoms with Crippen LogP contribution in [0.2, 0.25) is 15.1 Å². The van der Waals surface area contributed by atoms with E-state index >= 15 is 0 Å². The Bertz CT molecular complexity index is 1940. The summed E-state index contributed by atoms with van der Waals surface area (Å²) in [5.41, 5.74) is 1.77. The zero-order valence-electron chi connectivity index (χ0n) is 24.4. The lowest BCUT2D eigenvalue weighted by Crippen LogP contribution is -2.34. The molecule has 0 saturated carbocycles. The molecule has 2 amide bonds. The second-order valence-corrected chi connectivity index (χ2v) is 13.4. The molecule has 236 valence electrons. The number of carbonyl (C=O) groups excluding carboxylic acids is 2. The van der Waals surface area contributed by atoms with E-state index in [2.05, 4.69) is 20.9 Å². The summed E-state index contributed by atoms with van der Waals surface area (Å²) in [6.45, 7) is 6.65. The first-order valence-electron chi connectivity index (χ1n) is 13.4. The van der Waals surface area contributed by atoms with Crippen molar-refractivity contribution in [3.63, 3.8) is 0 Å². The Hall–Kier alpha value is -4.10. The number of phenolic OH excluding ortho intramolecular Hbond substituents is 1. The van der Waals surface area contributed by atoms with Gasteiger partial charge in [-0.25, -0.2) is 13.1 Å². The molecule has 1 aromatic heterocycles. The lowest BCUT2D eigenvalue weighted by molar-refractivity contribution is -0.116. The van der Waals surface area contributed by atoms with Crippen LogP contribution in [-0.2, 0) is 19.4 Å². The summed E-state index contributed by atoms with van der Waals surface area (Å²) in [5.74, 6) is -2.26. The number of hydrogen-bond donors (Lipinski definition) is 4. The Kier molecular flexibility index (Phi) is 10.1. The minimum Gasteiger partial charge on any atom is -0.506 e. The monoisotopic (exact) mass is 691 g/mol. The van der Waals surface area contributed by atoms with E-state index in [0.29, 0.717) is 27.1 Å². The van der Waals surface area contributed by atoms with E-state index in [9.17, 15) is 28.3 Å². The second kappa shape index (κ2) is 13.5. The van der Waals surface area contributed by atoms with E-state index in [1.165, 1.54) is 16.8 Å². The van der Waals surface area contributed by atoms with Gasteiger partial charge in [0.15, 0.2) is 15.5 Å². The summed E-state index contributed by atoms with van der Waals surface area (Å²) >= 11 is 18.5. The van der Waals surface area contributed by atoms with Crippen molar-refractivity contribution in [2.24, 2.45) is 5.16 Å². The predicted molar refractivity (Wildman–Crippen MR) is 174 cm³/mol. The van der Waals surface area contributed by atoms with Crippen LogP contribution in [0.5, 0.6) is 5.75 Å². The van der Waals surface area contributed by atoms with Crippen LogP contribution in [0.3, 0.4) is 0 Å². The molecule has 4 N–H and O–H groups in total. The number of nitrogens with one attached hydrogen (secondary N) is 2. The fourth-order valence-electron chi connectivity index (χ4n) is 4.65. The third-order valence-corrected chi connectivity index (χ3v) is 10.2. The standard InChI is InChI=1S/C30H28Cl3N5O6S/c1-5-26(45(43,44)19-9-6-15(2)7-10-19)29(40)34-23-14-25(39)24(13-22(23)33)35-30(41)28(37-42)27-16(3)36-38(17(27)4)18-8-11-20(31)21(32)12-18/h6-14,26,39,42H,5H2,1-4H3,(H,34,40)(H,35,41). The van der Waals surface area contributed by atoms with Crippen molar-refractivity contribution in [2.75, 3.05) is 10.6 Å². The van der Waals surface area contributed by atoms with Gasteiger partial charge in [-0.3, -0.25) is 9.59 Å². The highest BCUT2D eigenvalue weighted by Gasteiger charge is 2.33. The number of nitrogens with zero attached hydrogens (tertiary/aromatic N) is 3. The molecular formula is C30H28Cl3N5O6S. The van der Waals surface area contributed by atoms with Crippen LogP contribution in [0, 0.1) is 20.8 Å². The Labute approximate surface area is 274 Å². The van der Waals surface area contributed by atoms with E-state index in [-0.39, 0.29) is 33.3 Å². The summed E-state index contributed by atoms with van der Waals surface area (Å²) in [5, 5.41) is 32.1. The Morgan fingerprint density at radius 3 is 2.20 bits per heavy atom. The molecule has 0 bridgehead atoms. The Balaban J connectivity index is 1.56. The van der Waals surface area contributed by atoms with Crippen molar-refractivity contribution >= 4 is 73.5 Å². The van der Waals surface area contributed by atoms with Crippen molar-refractivity contribution in [2.45, 2.75) is 44.3 Å². The number of phenols is 1. The Morgan fingerprint density at radius 2 is 1.60 bits per heavy atom. The van der Waals surface area contributed by atoms with Gasteiger partial charge in [-0.05, 0) is 63.6 Å². The number of rotatable bonds is 9. The number of aromatic nitrogens is 2. The molecule has 4 aromatic rings. The number of aryl methyl sites for hydroxylation is 2. The fourth-order valence-corrected chi connectivity index (χ4v) is 6.78. The second-order valence-electron chi connectivity index (χ2n) is 10.1. The molecule has 0 radical (unpaired) electrons. The molecule has 0 spiro atoms. The first-order chi connectivity index (χ1) is 21.2. The molecule has 15 heteroatoms. The number of hydrogen-bond acceptors (Lipinski definition) is 8. The summed E-state index contributed by atoms with van der Waals surface area (Å²) in [4.78, 5) is 26.3. The molecule has 0 saturated heterocycles. The molecule has 0 fully saturated rings. The van der Waals surface area contributed by atoms with Gasteiger partial charge in [0.25, 0.3) is 5.91 Å². The van der Waals surface area contributed by atoms with E-state index in [1.807, 2.05) is 6.92 Å². The van der Waals surface area contributed by atoms with E-state index in [0.717, 1.165) is 17.7 Å². The van der Waals surface area contributed by atoms with Gasteiger partial charge in [-0.1, -0.05) is 64.6 Å². The summed E-state index contributed by atoms with van der Waals surface area (Å²) in [7, 11) is -4.03. The van der Waals surface area contributed by atoms with Gasteiger partial charge < -0.3 is 20.9 Å². The number of anilines is 2. The highest BCUT2D eigenvalue weighted by atomic mass is 35.5. The van der Waals surface area contributed by atoms with Crippen molar-refractivity contribution in [3.8, 4) is 11.4 Å². The highest BCUT2D eigenvalue weighted by molar-refractivity contribution is 7.92. The first-order valence-corrected chi connectivity index (χ1v) is 16.1. The molecular weight excluding hydrogens is 665 g/mol. The quantitative estimate of drug-likeness (QED) is 0.0676.